The summed E-state index contributed by atoms with van der Waals surface area (Å²) in [6.45, 7) is 0.313. The highest BCUT2D eigenvalue weighted by atomic mass is 35.5. The molecular weight excluding hydrogens is 407 g/mol. The fourth-order valence-corrected chi connectivity index (χ4v) is 2.93. The fourth-order valence-electron chi connectivity index (χ4n) is 2.55. The topological polar surface area (TPSA) is 62.1 Å². The van der Waals surface area contributed by atoms with Crippen LogP contribution in [0.5, 0.6) is 5.75 Å². The molecule has 4 nitrogen and oxygen atoms in total. The Hall–Kier alpha value is -3.26. The smallest absolute Gasteiger partial charge is 0.266 e. The second-order valence-electron chi connectivity index (χ2n) is 6.09. The summed E-state index contributed by atoms with van der Waals surface area (Å²) in [6.07, 6.45) is 1.50. The second kappa shape index (κ2) is 9.79. The van der Waals surface area contributed by atoms with Crippen LogP contribution in [0.4, 0.5) is 5.69 Å². The molecular formula is C23H16Cl2N2O2. The van der Waals surface area contributed by atoms with Crippen LogP contribution >= 0.6 is 23.2 Å². The molecule has 0 spiro atoms. The van der Waals surface area contributed by atoms with E-state index in [2.05, 4.69) is 5.32 Å². The van der Waals surface area contributed by atoms with Crippen LogP contribution in [0.15, 0.2) is 78.4 Å². The van der Waals surface area contributed by atoms with Crippen molar-refractivity contribution in [3.05, 3.63) is 99.5 Å². The van der Waals surface area contributed by atoms with Gasteiger partial charge in [0.1, 0.15) is 24.0 Å². The van der Waals surface area contributed by atoms with E-state index in [0.717, 1.165) is 5.56 Å². The number of nitrogens with one attached hydrogen (secondary N) is 1. The number of nitriles is 1. The molecule has 0 aliphatic heterocycles. The zero-order valence-corrected chi connectivity index (χ0v) is 16.7. The second-order valence-corrected chi connectivity index (χ2v) is 6.93. The molecule has 3 rings (SSSR count). The van der Waals surface area contributed by atoms with Gasteiger partial charge in [0, 0.05) is 21.3 Å². The number of rotatable bonds is 6. The van der Waals surface area contributed by atoms with Gasteiger partial charge in [-0.3, -0.25) is 4.79 Å². The standard InChI is InChI=1S/C23H16Cl2N2O2/c24-19-7-4-8-20(13-19)27-23(28)18(14-26)11-16-5-3-9-21(12-16)29-15-17-6-1-2-10-22(17)25/h1-13H,15H2,(H,27,28)/b18-11+. The lowest BCUT2D eigenvalue weighted by atomic mass is 10.1. The van der Waals surface area contributed by atoms with Gasteiger partial charge in [-0.2, -0.15) is 5.26 Å². The van der Waals surface area contributed by atoms with Crippen molar-refractivity contribution >= 4 is 40.9 Å². The summed E-state index contributed by atoms with van der Waals surface area (Å²) in [5.74, 6) is 0.0864. The minimum Gasteiger partial charge on any atom is -0.489 e. The fraction of sp³-hybridized carbons (Fsp3) is 0.0435. The van der Waals surface area contributed by atoms with Gasteiger partial charge in [0.2, 0.25) is 0 Å². The molecule has 0 aliphatic carbocycles. The number of carbonyl (C=O) groups excluding carboxylic acids is 1. The molecule has 0 radical (unpaired) electrons. The number of hydrogen-bond acceptors (Lipinski definition) is 3. The van der Waals surface area contributed by atoms with Gasteiger partial charge in [-0.15, -0.1) is 0 Å². The molecule has 1 N–H and O–H groups in total. The van der Waals surface area contributed by atoms with Crippen LogP contribution in [-0.4, -0.2) is 5.91 Å². The van der Waals surface area contributed by atoms with Gasteiger partial charge >= 0.3 is 0 Å². The Bertz CT molecular complexity index is 1100. The SMILES string of the molecule is N#C/C(=C\c1cccc(OCc2ccccc2Cl)c1)C(=O)Nc1cccc(Cl)c1. The Morgan fingerprint density at radius 3 is 2.59 bits per heavy atom. The van der Waals surface area contributed by atoms with Crippen molar-refractivity contribution in [3.8, 4) is 11.8 Å². The first-order valence-electron chi connectivity index (χ1n) is 8.70. The summed E-state index contributed by atoms with van der Waals surface area (Å²) in [6, 6.07) is 23.2. The molecule has 0 aromatic heterocycles. The van der Waals surface area contributed by atoms with Crippen molar-refractivity contribution in [1.29, 1.82) is 5.26 Å². The van der Waals surface area contributed by atoms with Gasteiger partial charge < -0.3 is 10.1 Å². The molecule has 0 unspecified atom stereocenters. The van der Waals surface area contributed by atoms with Gasteiger partial charge in [0.15, 0.2) is 0 Å². The molecule has 6 heteroatoms. The van der Waals surface area contributed by atoms with Crippen LogP contribution in [0, 0.1) is 11.3 Å². The van der Waals surface area contributed by atoms with E-state index in [1.807, 2.05) is 24.3 Å². The lowest BCUT2D eigenvalue weighted by molar-refractivity contribution is -0.112. The lowest BCUT2D eigenvalue weighted by Gasteiger charge is -2.08. The van der Waals surface area contributed by atoms with E-state index in [-0.39, 0.29) is 5.57 Å². The molecule has 3 aromatic rings. The number of amides is 1. The van der Waals surface area contributed by atoms with E-state index in [1.54, 1.807) is 54.6 Å². The van der Waals surface area contributed by atoms with Crippen LogP contribution < -0.4 is 10.1 Å². The van der Waals surface area contributed by atoms with Gasteiger partial charge in [0.25, 0.3) is 5.91 Å². The first kappa shape index (κ1) is 20.5. The van der Waals surface area contributed by atoms with Crippen LogP contribution in [0.2, 0.25) is 10.0 Å². The van der Waals surface area contributed by atoms with E-state index in [9.17, 15) is 10.1 Å². The molecule has 0 heterocycles. The predicted octanol–water partition coefficient (Wildman–Crippen LogP) is 6.12. The highest BCUT2D eigenvalue weighted by molar-refractivity contribution is 6.31. The number of benzene rings is 3. The monoisotopic (exact) mass is 422 g/mol. The highest BCUT2D eigenvalue weighted by Gasteiger charge is 2.10. The van der Waals surface area contributed by atoms with Crippen LogP contribution in [0.25, 0.3) is 6.08 Å². The molecule has 0 bridgehead atoms. The first-order chi connectivity index (χ1) is 14.0. The number of carbonyl (C=O) groups is 1. The van der Waals surface area contributed by atoms with E-state index < -0.39 is 5.91 Å². The van der Waals surface area contributed by atoms with E-state index >= 15 is 0 Å². The quantitative estimate of drug-likeness (QED) is 0.384. The van der Waals surface area contributed by atoms with Crippen molar-refractivity contribution in [1.82, 2.24) is 0 Å². The van der Waals surface area contributed by atoms with Crippen molar-refractivity contribution in [2.75, 3.05) is 5.32 Å². The van der Waals surface area contributed by atoms with E-state index in [4.69, 9.17) is 27.9 Å². The van der Waals surface area contributed by atoms with Gasteiger partial charge in [-0.25, -0.2) is 0 Å². The summed E-state index contributed by atoms with van der Waals surface area (Å²) in [4.78, 5) is 12.4. The highest BCUT2D eigenvalue weighted by Crippen LogP contribution is 2.21. The summed E-state index contributed by atoms with van der Waals surface area (Å²) in [7, 11) is 0. The average molecular weight is 423 g/mol. The number of hydrogen-bond donors (Lipinski definition) is 1. The summed E-state index contributed by atoms with van der Waals surface area (Å²) >= 11 is 12.1. The largest absolute Gasteiger partial charge is 0.489 e. The number of halogens is 2. The minimum absolute atomic E-state index is 0.0340. The maximum atomic E-state index is 12.4. The molecule has 144 valence electrons. The van der Waals surface area contributed by atoms with Gasteiger partial charge in [-0.1, -0.05) is 59.6 Å². The zero-order valence-electron chi connectivity index (χ0n) is 15.2. The normalized spacial score (nSPS) is 10.9. The average Bonchev–Trinajstić information content (AvgIpc) is 2.71. The molecule has 0 saturated carbocycles. The molecule has 3 aromatic carbocycles. The number of ether oxygens (including phenoxy) is 1. The van der Waals surface area contributed by atoms with Gasteiger partial charge in [0.05, 0.1) is 0 Å². The van der Waals surface area contributed by atoms with E-state index in [1.165, 1.54) is 6.08 Å². The Morgan fingerprint density at radius 1 is 1.03 bits per heavy atom. The molecule has 0 aliphatic rings. The van der Waals surface area contributed by atoms with Crippen molar-refractivity contribution < 1.29 is 9.53 Å². The predicted molar refractivity (Wildman–Crippen MR) is 116 cm³/mol. The molecule has 0 atom stereocenters. The van der Waals surface area contributed by atoms with Crippen LogP contribution in [-0.2, 0) is 11.4 Å². The van der Waals surface area contributed by atoms with E-state index in [0.29, 0.717) is 33.7 Å². The van der Waals surface area contributed by atoms with Crippen LogP contribution in [0.1, 0.15) is 11.1 Å². The maximum absolute atomic E-state index is 12.4. The zero-order chi connectivity index (χ0) is 20.6. The third-order valence-electron chi connectivity index (χ3n) is 3.97. The number of anilines is 1. The Labute approximate surface area is 179 Å². The Morgan fingerprint density at radius 2 is 1.83 bits per heavy atom. The molecule has 0 saturated heterocycles. The Balaban J connectivity index is 1.72. The minimum atomic E-state index is -0.517. The Kier molecular flexibility index (Phi) is 6.91. The lowest BCUT2D eigenvalue weighted by Crippen LogP contribution is -2.13. The molecule has 0 fully saturated rings. The molecule has 1 amide bonds. The van der Waals surface area contributed by atoms with Crippen molar-refractivity contribution in [2.24, 2.45) is 0 Å². The maximum Gasteiger partial charge on any atom is 0.266 e. The summed E-state index contributed by atoms with van der Waals surface area (Å²) in [5.41, 5.74) is 2.02. The summed E-state index contributed by atoms with van der Waals surface area (Å²) < 4.78 is 5.79. The number of nitrogens with zero attached hydrogens (tertiary/aromatic N) is 1. The van der Waals surface area contributed by atoms with Crippen molar-refractivity contribution in [3.63, 3.8) is 0 Å². The van der Waals surface area contributed by atoms with Gasteiger partial charge in [-0.05, 0) is 48.0 Å². The first-order valence-corrected chi connectivity index (χ1v) is 9.46. The summed E-state index contributed by atoms with van der Waals surface area (Å²) in [5, 5.41) is 13.2. The van der Waals surface area contributed by atoms with Crippen LogP contribution in [0.3, 0.4) is 0 Å². The third kappa shape index (κ3) is 5.86. The van der Waals surface area contributed by atoms with Crippen molar-refractivity contribution in [2.45, 2.75) is 6.61 Å². The third-order valence-corrected chi connectivity index (χ3v) is 4.57. The molecule has 29 heavy (non-hydrogen) atoms.